The third kappa shape index (κ3) is 6.83. The Balaban J connectivity index is 3.92. The molecule has 17 heavy (non-hydrogen) atoms. The summed E-state index contributed by atoms with van der Waals surface area (Å²) >= 11 is 2.90. The van der Waals surface area contributed by atoms with Crippen molar-refractivity contribution in [2.24, 2.45) is 0 Å². The Morgan fingerprint density at radius 1 is 1.24 bits per heavy atom. The van der Waals surface area contributed by atoms with Gasteiger partial charge in [0.25, 0.3) is 0 Å². The Bertz CT molecular complexity index is 247. The van der Waals surface area contributed by atoms with Crippen LogP contribution in [0.25, 0.3) is 0 Å². The van der Waals surface area contributed by atoms with Crippen LogP contribution in [0.2, 0.25) is 0 Å². The molecule has 0 aromatic carbocycles. The number of thioether (sulfide) groups is 2. The third-order valence-electron chi connectivity index (χ3n) is 2.79. The number of carboxylic acid groups (broad SMARTS) is 1. The maximum absolute atomic E-state index is 11.5. The Labute approximate surface area is 111 Å². The molecule has 0 aliphatic heterocycles. The van der Waals surface area contributed by atoms with Crippen molar-refractivity contribution in [3.63, 3.8) is 0 Å². The average molecular weight is 279 g/mol. The highest BCUT2D eigenvalue weighted by atomic mass is 32.2. The van der Waals surface area contributed by atoms with Crippen molar-refractivity contribution in [2.75, 3.05) is 24.3 Å². The van der Waals surface area contributed by atoms with Crippen molar-refractivity contribution in [2.45, 2.75) is 31.4 Å². The summed E-state index contributed by atoms with van der Waals surface area (Å²) in [6, 6.07) is 0. The van der Waals surface area contributed by atoms with Gasteiger partial charge in [0.05, 0.1) is 11.5 Å². The zero-order valence-corrected chi connectivity index (χ0v) is 12.2. The molecule has 0 spiro atoms. The fraction of sp³-hybridized carbons (Fsp3) is 0.818. The second-order valence-electron chi connectivity index (χ2n) is 3.76. The van der Waals surface area contributed by atoms with Gasteiger partial charge in [0.15, 0.2) is 0 Å². The lowest BCUT2D eigenvalue weighted by Gasteiger charge is -2.29. The number of hydrogen-bond acceptors (Lipinski definition) is 4. The second kappa shape index (κ2) is 8.69. The summed E-state index contributed by atoms with van der Waals surface area (Å²) in [7, 11) is 0. The fourth-order valence-corrected chi connectivity index (χ4v) is 2.76. The van der Waals surface area contributed by atoms with Crippen molar-refractivity contribution in [3.8, 4) is 0 Å². The molecule has 0 aliphatic rings. The largest absolute Gasteiger partial charge is 0.481 e. The summed E-state index contributed by atoms with van der Waals surface area (Å²) in [5, 5.41) is 11.3. The summed E-state index contributed by atoms with van der Waals surface area (Å²) in [4.78, 5) is 21.8. The van der Waals surface area contributed by atoms with Crippen LogP contribution in [0, 0.1) is 0 Å². The van der Waals surface area contributed by atoms with Gasteiger partial charge in [-0.05, 0) is 19.1 Å². The van der Waals surface area contributed by atoms with Gasteiger partial charge in [0.2, 0.25) is 5.91 Å². The second-order valence-corrected chi connectivity index (χ2v) is 6.02. The lowest BCUT2D eigenvalue weighted by atomic mass is 10.0. The number of carbonyl (C=O) groups excluding carboxylic acids is 1. The van der Waals surface area contributed by atoms with E-state index in [0.717, 1.165) is 24.6 Å². The maximum atomic E-state index is 11.5. The average Bonchev–Trinajstić information content (AvgIpc) is 2.31. The quantitative estimate of drug-likeness (QED) is 0.674. The molecule has 0 radical (unpaired) electrons. The molecule has 0 aliphatic carbocycles. The van der Waals surface area contributed by atoms with Crippen LogP contribution < -0.4 is 5.32 Å². The number of aliphatic carboxylic acids is 1. The van der Waals surface area contributed by atoms with E-state index >= 15 is 0 Å². The smallest absolute Gasteiger partial charge is 0.313 e. The van der Waals surface area contributed by atoms with Crippen LogP contribution in [0.3, 0.4) is 0 Å². The van der Waals surface area contributed by atoms with E-state index in [-0.39, 0.29) is 22.2 Å². The van der Waals surface area contributed by atoms with Crippen LogP contribution in [-0.4, -0.2) is 46.0 Å². The topological polar surface area (TPSA) is 66.4 Å². The number of hydrogen-bond donors (Lipinski definition) is 2. The van der Waals surface area contributed by atoms with Gasteiger partial charge in [-0.3, -0.25) is 9.59 Å². The van der Waals surface area contributed by atoms with Gasteiger partial charge in [0, 0.05) is 11.3 Å². The molecule has 0 unspecified atom stereocenters. The molecule has 0 fully saturated rings. The van der Waals surface area contributed by atoms with Crippen molar-refractivity contribution in [1.82, 2.24) is 5.32 Å². The summed E-state index contributed by atoms with van der Waals surface area (Å²) in [5.74, 6) is -0.785. The minimum absolute atomic E-state index is 0.0252. The van der Waals surface area contributed by atoms with Crippen LogP contribution in [0.15, 0.2) is 0 Å². The SMILES string of the molecule is CCC(CC)(CNC(=O)CSCC(=O)O)SC. The normalized spacial score (nSPS) is 11.2. The van der Waals surface area contributed by atoms with Gasteiger partial charge in [-0.15, -0.1) is 11.8 Å². The molecule has 0 bridgehead atoms. The van der Waals surface area contributed by atoms with E-state index < -0.39 is 5.97 Å². The first kappa shape index (κ1) is 16.6. The Morgan fingerprint density at radius 3 is 2.24 bits per heavy atom. The van der Waals surface area contributed by atoms with Gasteiger partial charge < -0.3 is 10.4 Å². The molecule has 1 amide bonds. The van der Waals surface area contributed by atoms with Gasteiger partial charge in [-0.1, -0.05) is 13.8 Å². The van der Waals surface area contributed by atoms with E-state index in [0.29, 0.717) is 6.54 Å². The number of carbonyl (C=O) groups is 2. The molecule has 0 rings (SSSR count). The van der Waals surface area contributed by atoms with E-state index in [4.69, 9.17) is 5.11 Å². The van der Waals surface area contributed by atoms with Gasteiger partial charge >= 0.3 is 5.97 Å². The first-order valence-corrected chi connectivity index (χ1v) is 7.99. The highest BCUT2D eigenvalue weighted by Crippen LogP contribution is 2.29. The van der Waals surface area contributed by atoms with Crippen molar-refractivity contribution < 1.29 is 14.7 Å². The van der Waals surface area contributed by atoms with Gasteiger partial charge in [0.1, 0.15) is 0 Å². The van der Waals surface area contributed by atoms with E-state index in [1.54, 1.807) is 11.8 Å². The van der Waals surface area contributed by atoms with Crippen molar-refractivity contribution >= 4 is 35.4 Å². The molecule has 100 valence electrons. The van der Waals surface area contributed by atoms with Crippen LogP contribution in [0.1, 0.15) is 26.7 Å². The summed E-state index contributed by atoms with van der Waals surface area (Å²) in [6.07, 6.45) is 4.07. The summed E-state index contributed by atoms with van der Waals surface area (Å²) < 4.78 is 0.104. The van der Waals surface area contributed by atoms with Crippen LogP contribution >= 0.6 is 23.5 Å². The van der Waals surface area contributed by atoms with Crippen LogP contribution in [-0.2, 0) is 9.59 Å². The van der Waals surface area contributed by atoms with E-state index in [9.17, 15) is 9.59 Å². The van der Waals surface area contributed by atoms with E-state index in [2.05, 4.69) is 25.4 Å². The zero-order valence-electron chi connectivity index (χ0n) is 10.6. The lowest BCUT2D eigenvalue weighted by molar-refractivity contribution is -0.133. The zero-order chi connectivity index (χ0) is 13.3. The Hall–Kier alpha value is -0.360. The number of carboxylic acids is 1. The predicted molar refractivity (Wildman–Crippen MR) is 74.8 cm³/mol. The maximum Gasteiger partial charge on any atom is 0.313 e. The molecule has 0 aromatic rings. The standard InChI is InChI=1S/C11H21NO3S2/c1-4-11(5-2,16-3)8-12-9(13)6-17-7-10(14)15/h4-8H2,1-3H3,(H,12,13)(H,14,15). The molecule has 0 saturated heterocycles. The Morgan fingerprint density at radius 2 is 1.82 bits per heavy atom. The molecule has 0 saturated carbocycles. The lowest BCUT2D eigenvalue weighted by Crippen LogP contribution is -2.40. The first-order chi connectivity index (χ1) is 7.99. The third-order valence-corrected chi connectivity index (χ3v) is 5.29. The van der Waals surface area contributed by atoms with Gasteiger partial charge in [-0.25, -0.2) is 0 Å². The van der Waals surface area contributed by atoms with E-state index in [1.807, 2.05) is 0 Å². The number of amides is 1. The number of rotatable bonds is 9. The monoisotopic (exact) mass is 279 g/mol. The molecular weight excluding hydrogens is 258 g/mol. The highest BCUT2D eigenvalue weighted by Gasteiger charge is 2.25. The number of nitrogens with one attached hydrogen (secondary N) is 1. The molecular formula is C11H21NO3S2. The van der Waals surface area contributed by atoms with Gasteiger partial charge in [-0.2, -0.15) is 11.8 Å². The molecule has 0 atom stereocenters. The fourth-order valence-electron chi connectivity index (χ4n) is 1.40. The minimum atomic E-state index is -0.886. The molecule has 6 heteroatoms. The predicted octanol–water partition coefficient (Wildman–Crippen LogP) is 1.84. The molecule has 4 nitrogen and oxygen atoms in total. The van der Waals surface area contributed by atoms with E-state index in [1.165, 1.54) is 0 Å². The highest BCUT2D eigenvalue weighted by molar-refractivity contribution is 8.00. The van der Waals surface area contributed by atoms with Crippen LogP contribution in [0.4, 0.5) is 0 Å². The van der Waals surface area contributed by atoms with Crippen molar-refractivity contribution in [3.05, 3.63) is 0 Å². The summed E-state index contributed by atoms with van der Waals surface area (Å²) in [5.41, 5.74) is 0. The molecule has 0 aromatic heterocycles. The minimum Gasteiger partial charge on any atom is -0.481 e. The molecule has 2 N–H and O–H groups in total. The Kier molecular flexibility index (Phi) is 8.51. The first-order valence-electron chi connectivity index (χ1n) is 5.61. The van der Waals surface area contributed by atoms with Crippen LogP contribution in [0.5, 0.6) is 0 Å². The summed E-state index contributed by atoms with van der Waals surface area (Å²) in [6.45, 7) is 4.88. The van der Waals surface area contributed by atoms with Crippen molar-refractivity contribution in [1.29, 1.82) is 0 Å². The molecule has 0 heterocycles.